The Labute approximate surface area is 103 Å². The average molecular weight is 245 g/mol. The molecule has 0 radical (unpaired) electrons. The molecule has 0 saturated carbocycles. The highest BCUT2D eigenvalue weighted by Crippen LogP contribution is 2.13. The van der Waals surface area contributed by atoms with Crippen LogP contribution in [0.25, 0.3) is 5.65 Å². The van der Waals surface area contributed by atoms with Crippen molar-refractivity contribution in [1.82, 2.24) is 14.7 Å². The number of rotatable bonds is 2. The van der Waals surface area contributed by atoms with E-state index < -0.39 is 0 Å². The second kappa shape index (κ2) is 4.42. The number of pyridine rings is 1. The monoisotopic (exact) mass is 245 g/mol. The molecule has 0 aromatic carbocycles. The van der Waals surface area contributed by atoms with Crippen LogP contribution in [-0.4, -0.2) is 22.5 Å². The van der Waals surface area contributed by atoms with Gasteiger partial charge in [-0.05, 0) is 37.9 Å². The van der Waals surface area contributed by atoms with Gasteiger partial charge in [-0.15, -0.1) is 0 Å². The van der Waals surface area contributed by atoms with Gasteiger partial charge in [-0.3, -0.25) is 9.59 Å². The van der Waals surface area contributed by atoms with Crippen LogP contribution in [0.3, 0.4) is 0 Å². The smallest absolute Gasteiger partial charge is 0.260 e. The Morgan fingerprint density at radius 3 is 2.94 bits per heavy atom. The van der Waals surface area contributed by atoms with E-state index in [1.165, 1.54) is 12.1 Å². The van der Waals surface area contributed by atoms with E-state index >= 15 is 0 Å². The molecule has 94 valence electrons. The van der Waals surface area contributed by atoms with Gasteiger partial charge in [0.05, 0.1) is 0 Å². The summed E-state index contributed by atoms with van der Waals surface area (Å²) >= 11 is 0. The SMILES string of the molecule is O=c1cccc2[nH]c(CC3CCNC3)cc(=O)n12. The van der Waals surface area contributed by atoms with Crippen LogP contribution in [0, 0.1) is 5.92 Å². The fraction of sp³-hybridized carbons (Fsp3) is 0.385. The molecule has 0 amide bonds. The lowest BCUT2D eigenvalue weighted by Gasteiger charge is -2.09. The third-order valence-electron chi connectivity index (χ3n) is 3.43. The first kappa shape index (κ1) is 11.2. The van der Waals surface area contributed by atoms with Crippen molar-refractivity contribution in [3.63, 3.8) is 0 Å². The Morgan fingerprint density at radius 1 is 1.28 bits per heavy atom. The van der Waals surface area contributed by atoms with E-state index in [1.807, 2.05) is 0 Å². The minimum absolute atomic E-state index is 0.254. The molecular weight excluding hydrogens is 230 g/mol. The van der Waals surface area contributed by atoms with Gasteiger partial charge in [-0.25, -0.2) is 4.40 Å². The highest BCUT2D eigenvalue weighted by molar-refractivity contribution is 5.38. The Kier molecular flexibility index (Phi) is 2.76. The van der Waals surface area contributed by atoms with Crippen LogP contribution in [0.1, 0.15) is 12.1 Å². The summed E-state index contributed by atoms with van der Waals surface area (Å²) in [4.78, 5) is 26.7. The molecule has 5 nitrogen and oxygen atoms in total. The van der Waals surface area contributed by atoms with Gasteiger partial charge in [0.1, 0.15) is 5.65 Å². The van der Waals surface area contributed by atoms with Crippen molar-refractivity contribution in [1.29, 1.82) is 0 Å². The van der Waals surface area contributed by atoms with Crippen molar-refractivity contribution in [2.24, 2.45) is 5.92 Å². The first-order valence-corrected chi connectivity index (χ1v) is 6.19. The maximum absolute atomic E-state index is 11.9. The van der Waals surface area contributed by atoms with E-state index in [-0.39, 0.29) is 11.1 Å². The van der Waals surface area contributed by atoms with Crippen molar-refractivity contribution in [2.45, 2.75) is 12.8 Å². The summed E-state index contributed by atoms with van der Waals surface area (Å²) in [7, 11) is 0. The Morgan fingerprint density at radius 2 is 2.17 bits per heavy atom. The lowest BCUT2D eigenvalue weighted by Crippen LogP contribution is -2.27. The molecule has 0 aliphatic carbocycles. The summed E-state index contributed by atoms with van der Waals surface area (Å²) in [5.41, 5.74) is 0.924. The predicted octanol–water partition coefficient (Wildman–Crippen LogP) is 0.140. The van der Waals surface area contributed by atoms with E-state index in [0.29, 0.717) is 11.6 Å². The minimum Gasteiger partial charge on any atom is -0.345 e. The molecule has 3 rings (SSSR count). The van der Waals surface area contributed by atoms with Crippen molar-refractivity contribution < 1.29 is 0 Å². The van der Waals surface area contributed by atoms with E-state index in [4.69, 9.17) is 0 Å². The lowest BCUT2D eigenvalue weighted by atomic mass is 10.0. The summed E-state index contributed by atoms with van der Waals surface area (Å²) in [5, 5.41) is 3.31. The number of aromatic amines is 1. The van der Waals surface area contributed by atoms with Crippen molar-refractivity contribution in [2.75, 3.05) is 13.1 Å². The van der Waals surface area contributed by atoms with E-state index in [2.05, 4.69) is 10.3 Å². The summed E-state index contributed by atoms with van der Waals surface area (Å²) in [6, 6.07) is 6.34. The summed E-state index contributed by atoms with van der Waals surface area (Å²) in [5.74, 6) is 0.568. The second-order valence-electron chi connectivity index (χ2n) is 4.78. The first-order chi connectivity index (χ1) is 8.74. The molecule has 1 atom stereocenters. The van der Waals surface area contributed by atoms with Gasteiger partial charge in [0, 0.05) is 17.8 Å². The second-order valence-corrected chi connectivity index (χ2v) is 4.78. The summed E-state index contributed by atoms with van der Waals surface area (Å²) < 4.78 is 1.16. The van der Waals surface area contributed by atoms with E-state index in [9.17, 15) is 9.59 Å². The number of H-pyrrole nitrogens is 1. The molecule has 3 heterocycles. The maximum Gasteiger partial charge on any atom is 0.260 e. The molecule has 1 aliphatic rings. The topological polar surface area (TPSA) is 66.4 Å². The molecule has 5 heteroatoms. The van der Waals surface area contributed by atoms with Crippen LogP contribution in [0.5, 0.6) is 0 Å². The van der Waals surface area contributed by atoms with Crippen molar-refractivity contribution in [3.8, 4) is 0 Å². The molecule has 0 spiro atoms. The van der Waals surface area contributed by atoms with E-state index in [1.54, 1.807) is 12.1 Å². The fourth-order valence-electron chi connectivity index (χ4n) is 2.54. The summed E-state index contributed by atoms with van der Waals surface area (Å²) in [6.07, 6.45) is 1.98. The van der Waals surface area contributed by atoms with Gasteiger partial charge in [0.25, 0.3) is 11.1 Å². The maximum atomic E-state index is 11.9. The zero-order valence-electron chi connectivity index (χ0n) is 9.98. The lowest BCUT2D eigenvalue weighted by molar-refractivity contribution is 0.571. The van der Waals surface area contributed by atoms with Gasteiger partial charge in [-0.2, -0.15) is 0 Å². The van der Waals surface area contributed by atoms with Crippen LogP contribution in [-0.2, 0) is 6.42 Å². The Hall–Kier alpha value is -1.88. The van der Waals surface area contributed by atoms with Crippen LogP contribution in [0.2, 0.25) is 0 Å². The Balaban J connectivity index is 2.04. The van der Waals surface area contributed by atoms with Crippen LogP contribution >= 0.6 is 0 Å². The zero-order valence-corrected chi connectivity index (χ0v) is 9.98. The number of nitrogens with one attached hydrogen (secondary N) is 2. The predicted molar refractivity (Wildman–Crippen MR) is 69.0 cm³/mol. The molecular formula is C13H15N3O2. The number of nitrogens with zero attached hydrogens (tertiary/aromatic N) is 1. The first-order valence-electron chi connectivity index (χ1n) is 6.19. The normalized spacial score (nSPS) is 19.4. The minimum atomic E-state index is -0.289. The largest absolute Gasteiger partial charge is 0.345 e. The third-order valence-corrected chi connectivity index (χ3v) is 3.43. The number of hydrogen-bond acceptors (Lipinski definition) is 3. The highest BCUT2D eigenvalue weighted by atomic mass is 16.2. The molecule has 1 fully saturated rings. The molecule has 2 N–H and O–H groups in total. The standard InChI is InChI=1S/C13H15N3O2/c17-12-3-1-2-11-15-10(7-13(18)16(11)12)6-9-4-5-14-8-9/h1-3,7,9,14-15H,4-6,8H2. The highest BCUT2D eigenvalue weighted by Gasteiger charge is 2.15. The van der Waals surface area contributed by atoms with Crippen molar-refractivity contribution >= 4 is 5.65 Å². The Bertz CT molecular complexity index is 680. The number of aromatic nitrogens is 2. The molecule has 2 aromatic rings. The fourth-order valence-corrected chi connectivity index (χ4v) is 2.54. The molecule has 18 heavy (non-hydrogen) atoms. The quantitative estimate of drug-likeness (QED) is 0.791. The van der Waals surface area contributed by atoms with Crippen LogP contribution in [0.15, 0.2) is 33.9 Å². The van der Waals surface area contributed by atoms with Gasteiger partial charge >= 0.3 is 0 Å². The van der Waals surface area contributed by atoms with E-state index in [0.717, 1.165) is 36.0 Å². The summed E-state index contributed by atoms with van der Waals surface area (Å²) in [6.45, 7) is 2.04. The van der Waals surface area contributed by atoms with Crippen LogP contribution < -0.4 is 16.4 Å². The third kappa shape index (κ3) is 1.97. The molecule has 2 aromatic heterocycles. The molecule has 1 saturated heterocycles. The van der Waals surface area contributed by atoms with Gasteiger partial charge in [0.15, 0.2) is 0 Å². The average Bonchev–Trinajstić information content (AvgIpc) is 2.81. The zero-order chi connectivity index (χ0) is 12.5. The van der Waals surface area contributed by atoms with Crippen molar-refractivity contribution in [3.05, 3.63) is 50.7 Å². The number of hydrogen-bond donors (Lipinski definition) is 2. The van der Waals surface area contributed by atoms with Gasteiger partial charge in [-0.1, -0.05) is 6.07 Å². The van der Waals surface area contributed by atoms with Crippen LogP contribution in [0.4, 0.5) is 0 Å². The van der Waals surface area contributed by atoms with Gasteiger partial charge in [0.2, 0.25) is 0 Å². The van der Waals surface area contributed by atoms with Gasteiger partial charge < -0.3 is 10.3 Å². The molecule has 1 aliphatic heterocycles. The molecule has 1 unspecified atom stereocenters. The molecule has 0 bridgehead atoms. The number of fused-ring (bicyclic) bond motifs is 1.